The van der Waals surface area contributed by atoms with Gasteiger partial charge in [-0.05, 0) is 19.4 Å². The standard InChI is InChI=1S/C13H15NO/c1-4-11(3)14-13(15)9-12-7-5-6-10(2)8-12/h1,5-8,11H,9H2,2-3H3,(H,14,15). The Labute approximate surface area is 90.7 Å². The maximum atomic E-state index is 11.5. The molecule has 0 bridgehead atoms. The molecular formula is C13H15NO. The van der Waals surface area contributed by atoms with Crippen LogP contribution in [0.25, 0.3) is 0 Å². The van der Waals surface area contributed by atoms with E-state index < -0.39 is 0 Å². The molecule has 0 aliphatic carbocycles. The van der Waals surface area contributed by atoms with Crippen LogP contribution in [0.1, 0.15) is 18.1 Å². The first-order valence-corrected chi connectivity index (χ1v) is 4.93. The molecule has 1 unspecified atom stereocenters. The predicted octanol–water partition coefficient (Wildman–Crippen LogP) is 1.68. The summed E-state index contributed by atoms with van der Waals surface area (Å²) in [6.07, 6.45) is 5.56. The molecule has 0 saturated carbocycles. The van der Waals surface area contributed by atoms with Gasteiger partial charge in [0.25, 0.3) is 0 Å². The molecule has 78 valence electrons. The van der Waals surface area contributed by atoms with Crippen LogP contribution in [-0.4, -0.2) is 11.9 Å². The van der Waals surface area contributed by atoms with Crippen molar-refractivity contribution in [2.24, 2.45) is 0 Å². The van der Waals surface area contributed by atoms with E-state index in [1.165, 1.54) is 0 Å². The van der Waals surface area contributed by atoms with Crippen LogP contribution in [-0.2, 0) is 11.2 Å². The fourth-order valence-electron chi connectivity index (χ4n) is 1.34. The number of rotatable bonds is 3. The van der Waals surface area contributed by atoms with E-state index in [0.29, 0.717) is 6.42 Å². The Morgan fingerprint density at radius 3 is 2.93 bits per heavy atom. The molecule has 0 fully saturated rings. The Hall–Kier alpha value is -1.75. The van der Waals surface area contributed by atoms with Crippen molar-refractivity contribution in [3.63, 3.8) is 0 Å². The molecule has 1 aromatic rings. The summed E-state index contributed by atoms with van der Waals surface area (Å²) < 4.78 is 0. The lowest BCUT2D eigenvalue weighted by molar-refractivity contribution is -0.120. The minimum Gasteiger partial charge on any atom is -0.342 e. The average molecular weight is 201 g/mol. The lowest BCUT2D eigenvalue weighted by atomic mass is 10.1. The van der Waals surface area contributed by atoms with Gasteiger partial charge in [0.1, 0.15) is 0 Å². The summed E-state index contributed by atoms with van der Waals surface area (Å²) in [5.74, 6) is 2.42. The van der Waals surface area contributed by atoms with Crippen molar-refractivity contribution < 1.29 is 4.79 Å². The Bertz CT molecular complexity index is 390. The van der Waals surface area contributed by atoms with Gasteiger partial charge >= 0.3 is 0 Å². The van der Waals surface area contributed by atoms with Crippen molar-refractivity contribution >= 4 is 5.91 Å². The van der Waals surface area contributed by atoms with Crippen LogP contribution in [0.5, 0.6) is 0 Å². The molecule has 1 N–H and O–H groups in total. The van der Waals surface area contributed by atoms with Crippen molar-refractivity contribution in [2.45, 2.75) is 26.3 Å². The second kappa shape index (κ2) is 5.21. The molecule has 1 rings (SSSR count). The number of benzene rings is 1. The molecule has 15 heavy (non-hydrogen) atoms. The molecule has 0 saturated heterocycles. The zero-order valence-electron chi connectivity index (χ0n) is 9.08. The maximum absolute atomic E-state index is 11.5. The van der Waals surface area contributed by atoms with Crippen LogP contribution < -0.4 is 5.32 Å². The van der Waals surface area contributed by atoms with Gasteiger partial charge in [0.15, 0.2) is 0 Å². The monoisotopic (exact) mass is 201 g/mol. The SMILES string of the molecule is C#CC(C)NC(=O)Cc1cccc(C)c1. The van der Waals surface area contributed by atoms with Gasteiger partial charge < -0.3 is 5.32 Å². The van der Waals surface area contributed by atoms with Crippen molar-refractivity contribution in [2.75, 3.05) is 0 Å². The van der Waals surface area contributed by atoms with Gasteiger partial charge in [-0.15, -0.1) is 6.42 Å². The second-order valence-corrected chi connectivity index (χ2v) is 3.62. The summed E-state index contributed by atoms with van der Waals surface area (Å²) in [6, 6.07) is 7.68. The van der Waals surface area contributed by atoms with E-state index in [-0.39, 0.29) is 11.9 Å². The fourth-order valence-corrected chi connectivity index (χ4v) is 1.34. The zero-order chi connectivity index (χ0) is 11.3. The molecule has 0 aromatic heterocycles. The van der Waals surface area contributed by atoms with Crippen LogP contribution in [0, 0.1) is 19.3 Å². The van der Waals surface area contributed by atoms with Crippen LogP contribution in [0.2, 0.25) is 0 Å². The van der Waals surface area contributed by atoms with Crippen molar-refractivity contribution in [3.05, 3.63) is 35.4 Å². The van der Waals surface area contributed by atoms with E-state index in [2.05, 4.69) is 11.2 Å². The van der Waals surface area contributed by atoms with E-state index in [0.717, 1.165) is 11.1 Å². The highest BCUT2D eigenvalue weighted by Gasteiger charge is 2.05. The average Bonchev–Trinajstić information content (AvgIpc) is 2.17. The Morgan fingerprint density at radius 2 is 2.33 bits per heavy atom. The molecule has 0 aliphatic heterocycles. The Kier molecular flexibility index (Phi) is 3.93. The van der Waals surface area contributed by atoms with Crippen LogP contribution in [0.3, 0.4) is 0 Å². The van der Waals surface area contributed by atoms with Crippen LogP contribution in [0.4, 0.5) is 0 Å². The second-order valence-electron chi connectivity index (χ2n) is 3.62. The first-order chi connectivity index (χ1) is 7.11. The number of aryl methyl sites for hydroxylation is 1. The molecule has 2 nitrogen and oxygen atoms in total. The van der Waals surface area contributed by atoms with E-state index in [4.69, 9.17) is 6.42 Å². The zero-order valence-corrected chi connectivity index (χ0v) is 9.08. The van der Waals surface area contributed by atoms with Gasteiger partial charge in [0.05, 0.1) is 12.5 Å². The molecule has 0 heterocycles. The Balaban J connectivity index is 2.56. The van der Waals surface area contributed by atoms with Gasteiger partial charge in [-0.25, -0.2) is 0 Å². The predicted molar refractivity (Wildman–Crippen MR) is 61.3 cm³/mol. The minimum absolute atomic E-state index is 0.0361. The van der Waals surface area contributed by atoms with E-state index in [1.54, 1.807) is 6.92 Å². The molecular weight excluding hydrogens is 186 g/mol. The summed E-state index contributed by atoms with van der Waals surface area (Å²) >= 11 is 0. The highest BCUT2D eigenvalue weighted by atomic mass is 16.1. The highest BCUT2D eigenvalue weighted by Crippen LogP contribution is 2.04. The summed E-state index contributed by atoms with van der Waals surface area (Å²) in [5, 5.41) is 2.72. The summed E-state index contributed by atoms with van der Waals surface area (Å²) in [4.78, 5) is 11.5. The molecule has 0 radical (unpaired) electrons. The van der Waals surface area contributed by atoms with Gasteiger partial charge in [-0.1, -0.05) is 35.7 Å². The first kappa shape index (κ1) is 11.3. The molecule has 1 atom stereocenters. The van der Waals surface area contributed by atoms with Crippen molar-refractivity contribution in [1.82, 2.24) is 5.32 Å². The van der Waals surface area contributed by atoms with Crippen LogP contribution >= 0.6 is 0 Å². The summed E-state index contributed by atoms with van der Waals surface area (Å²) in [7, 11) is 0. The summed E-state index contributed by atoms with van der Waals surface area (Å²) in [6.45, 7) is 3.79. The number of carbonyl (C=O) groups excluding carboxylic acids is 1. The minimum atomic E-state index is -0.206. The largest absolute Gasteiger partial charge is 0.342 e. The van der Waals surface area contributed by atoms with Gasteiger partial charge in [-0.2, -0.15) is 0 Å². The van der Waals surface area contributed by atoms with E-state index in [9.17, 15) is 4.79 Å². The molecule has 2 heteroatoms. The van der Waals surface area contributed by atoms with E-state index >= 15 is 0 Å². The van der Waals surface area contributed by atoms with Gasteiger partial charge in [0, 0.05) is 0 Å². The van der Waals surface area contributed by atoms with Crippen molar-refractivity contribution in [3.8, 4) is 12.3 Å². The number of nitrogens with one attached hydrogen (secondary N) is 1. The third-order valence-corrected chi connectivity index (χ3v) is 2.07. The molecule has 1 aromatic carbocycles. The molecule has 0 spiro atoms. The van der Waals surface area contributed by atoms with E-state index in [1.807, 2.05) is 31.2 Å². The third-order valence-electron chi connectivity index (χ3n) is 2.07. The molecule has 1 amide bonds. The molecule has 0 aliphatic rings. The van der Waals surface area contributed by atoms with Crippen LogP contribution in [0.15, 0.2) is 24.3 Å². The smallest absolute Gasteiger partial charge is 0.225 e. The number of amides is 1. The Morgan fingerprint density at radius 1 is 1.60 bits per heavy atom. The van der Waals surface area contributed by atoms with Crippen molar-refractivity contribution in [1.29, 1.82) is 0 Å². The number of carbonyl (C=O) groups is 1. The first-order valence-electron chi connectivity index (χ1n) is 4.93. The lowest BCUT2D eigenvalue weighted by Crippen LogP contribution is -2.32. The normalized spacial score (nSPS) is 11.5. The third kappa shape index (κ3) is 3.86. The number of hydrogen-bond donors (Lipinski definition) is 1. The fraction of sp³-hybridized carbons (Fsp3) is 0.308. The van der Waals surface area contributed by atoms with Gasteiger partial charge in [-0.3, -0.25) is 4.79 Å². The number of terminal acetylenes is 1. The maximum Gasteiger partial charge on any atom is 0.225 e. The topological polar surface area (TPSA) is 29.1 Å². The lowest BCUT2D eigenvalue weighted by Gasteiger charge is -2.07. The number of hydrogen-bond acceptors (Lipinski definition) is 1. The summed E-state index contributed by atoms with van der Waals surface area (Å²) in [5.41, 5.74) is 2.17. The van der Waals surface area contributed by atoms with Gasteiger partial charge in [0.2, 0.25) is 5.91 Å². The highest BCUT2D eigenvalue weighted by molar-refractivity contribution is 5.79. The quantitative estimate of drug-likeness (QED) is 0.741.